The molecule has 0 amide bonds. The highest BCUT2D eigenvalue weighted by Gasteiger charge is 2.11. The summed E-state index contributed by atoms with van der Waals surface area (Å²) < 4.78 is 27.2. The summed E-state index contributed by atoms with van der Waals surface area (Å²) in [5.74, 6) is 0.438. The van der Waals surface area contributed by atoms with Crippen molar-refractivity contribution < 1.29 is 12.8 Å². The summed E-state index contributed by atoms with van der Waals surface area (Å²) in [5.41, 5.74) is 0.864. The average molecular weight is 236 g/mol. The van der Waals surface area contributed by atoms with Crippen molar-refractivity contribution >= 4 is 9.84 Å². The zero-order chi connectivity index (χ0) is 11.6. The first-order chi connectivity index (χ1) is 7.54. The second kappa shape index (κ2) is 4.09. The van der Waals surface area contributed by atoms with Gasteiger partial charge in [-0.25, -0.2) is 13.4 Å². The van der Waals surface area contributed by atoms with E-state index in [0.717, 1.165) is 5.56 Å². The van der Waals surface area contributed by atoms with Crippen LogP contribution in [0.4, 0.5) is 0 Å². The van der Waals surface area contributed by atoms with Crippen LogP contribution in [0.5, 0.6) is 0 Å². The number of hydrogen-bond donors (Lipinski definition) is 0. The van der Waals surface area contributed by atoms with E-state index >= 15 is 0 Å². The van der Waals surface area contributed by atoms with Crippen LogP contribution in [0.25, 0.3) is 11.3 Å². The Hall–Kier alpha value is -1.62. The van der Waals surface area contributed by atoms with Crippen molar-refractivity contribution in [3.8, 4) is 11.3 Å². The van der Waals surface area contributed by atoms with Gasteiger partial charge in [-0.05, 0) is 0 Å². The molecule has 0 aliphatic heterocycles. The fourth-order valence-electron chi connectivity index (χ4n) is 1.30. The van der Waals surface area contributed by atoms with Gasteiger partial charge >= 0.3 is 0 Å². The van der Waals surface area contributed by atoms with Crippen molar-refractivity contribution in [1.29, 1.82) is 0 Å². The molecule has 1 aromatic carbocycles. The molecule has 0 saturated heterocycles. The highest BCUT2D eigenvalue weighted by Crippen LogP contribution is 2.20. The average Bonchev–Trinajstić information content (AvgIpc) is 2.65. The Morgan fingerprint density at radius 1 is 1.25 bits per heavy atom. The Bertz CT molecular complexity index is 572. The molecule has 83 valence electrons. The van der Waals surface area contributed by atoms with E-state index in [1.807, 2.05) is 30.3 Å². The number of nitrogens with zero attached hydrogens (tertiary/aromatic N) is 1. The van der Waals surface area contributed by atoms with Crippen LogP contribution in [0.1, 0.15) is 5.89 Å². The maximum Gasteiger partial charge on any atom is 0.210 e. The number of rotatable bonds is 3. The zero-order valence-electron chi connectivity index (χ0n) is 8.46. The lowest BCUT2D eigenvalue weighted by atomic mass is 10.2. The van der Waals surface area contributed by atoms with Crippen LogP contribution >= 0.6 is 0 Å². The Morgan fingerprint density at radius 3 is 2.56 bits per heavy atom. The van der Waals surface area contributed by atoms with E-state index in [1.54, 1.807) is 0 Å². The smallest absolute Gasteiger partial charge is 0.210 e. The minimum atomic E-state index is -3.35. The highest BCUT2D eigenvalue weighted by molar-refractivity contribution is 7.91. The Morgan fingerprint density at radius 2 is 1.94 bits per heavy atom. The molecule has 4 nitrogen and oxygen atoms in total. The summed E-state index contributed by atoms with van der Waals surface area (Å²) in [7, 11) is -3.35. The molecule has 0 aliphatic carbocycles. The normalized spacial score (nSPS) is 11.6. The van der Waals surface area contributed by atoms with Crippen LogP contribution in [0.2, 0.25) is 0 Å². The van der Waals surface area contributed by atoms with E-state index in [4.69, 9.17) is 4.42 Å². The summed E-state index contributed by atoms with van der Waals surface area (Å²) in [6.07, 6.45) is 4.53. The van der Waals surface area contributed by atoms with Crippen molar-refractivity contribution in [3.05, 3.63) is 48.7 Å². The van der Waals surface area contributed by atoms with E-state index in [9.17, 15) is 8.42 Å². The van der Waals surface area contributed by atoms with Gasteiger partial charge in [-0.1, -0.05) is 30.3 Å². The molecule has 0 spiro atoms. The summed E-state index contributed by atoms with van der Waals surface area (Å²) in [6.45, 7) is 0. The van der Waals surface area contributed by atoms with Gasteiger partial charge in [-0.3, -0.25) is 0 Å². The first-order valence-electron chi connectivity index (χ1n) is 4.60. The molecule has 0 bridgehead atoms. The van der Waals surface area contributed by atoms with Crippen LogP contribution < -0.4 is 0 Å². The van der Waals surface area contributed by atoms with Gasteiger partial charge in [0.25, 0.3) is 0 Å². The number of oxazole rings is 1. The van der Waals surface area contributed by atoms with Gasteiger partial charge in [-0.2, -0.15) is 0 Å². The Kier molecular flexibility index (Phi) is 2.78. The monoisotopic (exact) mass is 236 g/mol. The minimum absolute atomic E-state index is 0.161. The molecular weight excluding hydrogens is 226 g/mol. The largest absolute Gasteiger partial charge is 0.440 e. The lowest BCUT2D eigenvalue weighted by molar-refractivity contribution is 0.521. The molecule has 0 unspecified atom stereocenters. The summed E-state index contributed by atoms with van der Waals surface area (Å²) in [6, 6.07) is 9.36. The third-order valence-corrected chi connectivity index (χ3v) is 2.64. The fraction of sp³-hybridized carbons (Fsp3) is 0.0909. The maximum absolute atomic E-state index is 10.9. The first-order valence-corrected chi connectivity index (χ1v) is 6.43. The number of benzene rings is 1. The molecule has 16 heavy (non-hydrogen) atoms. The molecule has 0 saturated carbocycles. The lowest BCUT2D eigenvalue weighted by Gasteiger charge is -1.94. The summed E-state index contributed by atoms with van der Waals surface area (Å²) in [4.78, 5) is 3.89. The first kappa shape index (κ1) is 10.9. The van der Waals surface area contributed by atoms with Gasteiger partial charge in [0, 0.05) is 5.56 Å². The zero-order valence-corrected chi connectivity index (χ0v) is 9.28. The topological polar surface area (TPSA) is 60.2 Å². The predicted octanol–water partition coefficient (Wildman–Crippen LogP) is 2.05. The third kappa shape index (κ3) is 2.70. The molecule has 1 heterocycles. The molecule has 5 heteroatoms. The molecule has 2 rings (SSSR count). The van der Waals surface area contributed by atoms with Crippen molar-refractivity contribution in [1.82, 2.24) is 4.98 Å². The van der Waals surface area contributed by atoms with Crippen LogP contribution in [-0.4, -0.2) is 13.4 Å². The van der Waals surface area contributed by atoms with Gasteiger partial charge in [0.05, 0.1) is 12.5 Å². The second-order valence-electron chi connectivity index (χ2n) is 3.37. The Balaban J connectivity index is 2.27. The molecule has 1 aromatic heterocycles. The SMILES string of the molecule is [CH2]S(=O)(=O)Cc1ncc(-c2ccccc2)o1. The van der Waals surface area contributed by atoms with Crippen LogP contribution in [0, 0.1) is 6.26 Å². The third-order valence-electron chi connectivity index (χ3n) is 1.96. The molecule has 0 aliphatic rings. The predicted molar refractivity (Wildman–Crippen MR) is 59.9 cm³/mol. The van der Waals surface area contributed by atoms with Gasteiger partial charge in [0.2, 0.25) is 5.89 Å². The molecule has 0 atom stereocenters. The molecule has 0 fully saturated rings. The van der Waals surface area contributed by atoms with Gasteiger partial charge in [-0.15, -0.1) is 0 Å². The van der Waals surface area contributed by atoms with E-state index in [2.05, 4.69) is 11.2 Å². The number of hydrogen-bond acceptors (Lipinski definition) is 4. The summed E-state index contributed by atoms with van der Waals surface area (Å²) >= 11 is 0. The van der Waals surface area contributed by atoms with Crippen LogP contribution in [0.15, 0.2) is 40.9 Å². The quantitative estimate of drug-likeness (QED) is 0.818. The van der Waals surface area contributed by atoms with Crippen molar-refractivity contribution in [3.63, 3.8) is 0 Å². The van der Waals surface area contributed by atoms with Gasteiger partial charge < -0.3 is 4.42 Å². The lowest BCUT2D eigenvalue weighted by Crippen LogP contribution is -1.97. The van der Waals surface area contributed by atoms with Gasteiger partial charge in [0.15, 0.2) is 15.6 Å². The fourth-order valence-corrected chi connectivity index (χ4v) is 1.81. The van der Waals surface area contributed by atoms with Crippen molar-refractivity contribution in [2.75, 3.05) is 0 Å². The van der Waals surface area contributed by atoms with E-state index < -0.39 is 9.84 Å². The second-order valence-corrected chi connectivity index (χ2v) is 5.15. The van der Waals surface area contributed by atoms with Crippen LogP contribution in [-0.2, 0) is 15.6 Å². The van der Waals surface area contributed by atoms with Crippen molar-refractivity contribution in [2.24, 2.45) is 0 Å². The van der Waals surface area contributed by atoms with Crippen LogP contribution in [0.3, 0.4) is 0 Å². The van der Waals surface area contributed by atoms with E-state index in [1.165, 1.54) is 6.20 Å². The molecule has 1 radical (unpaired) electrons. The molecular formula is C11H10NO3S. The minimum Gasteiger partial charge on any atom is -0.440 e. The van der Waals surface area contributed by atoms with E-state index in [0.29, 0.717) is 5.76 Å². The van der Waals surface area contributed by atoms with E-state index in [-0.39, 0.29) is 11.6 Å². The number of aromatic nitrogens is 1. The Labute approximate surface area is 93.9 Å². The summed E-state index contributed by atoms with van der Waals surface area (Å²) in [5, 5.41) is 0. The highest BCUT2D eigenvalue weighted by atomic mass is 32.2. The van der Waals surface area contributed by atoms with Gasteiger partial charge in [0.1, 0.15) is 5.75 Å². The molecule has 0 N–H and O–H groups in total. The maximum atomic E-state index is 10.9. The molecule has 2 aromatic rings. The van der Waals surface area contributed by atoms with Crippen molar-refractivity contribution in [2.45, 2.75) is 5.75 Å². The standard InChI is InChI=1S/C11H10NO3S/c1-16(13,14)8-11-12-7-10(15-11)9-5-3-2-4-6-9/h2-7H,1,8H2. The number of sulfone groups is 1.